The number of halogens is 1. The van der Waals surface area contributed by atoms with Gasteiger partial charge in [-0.15, -0.1) is 0 Å². The molecule has 0 aromatic heterocycles. The highest BCUT2D eigenvalue weighted by Crippen LogP contribution is 2.19. The first kappa shape index (κ1) is 18.4. The number of aryl methyl sites for hydroxylation is 1. The van der Waals surface area contributed by atoms with E-state index in [2.05, 4.69) is 10.0 Å². The number of carbonyl (C=O) groups excluding carboxylic acids is 2. The molecule has 2 aromatic carbocycles. The van der Waals surface area contributed by atoms with Crippen molar-refractivity contribution in [3.63, 3.8) is 0 Å². The molecule has 0 spiro atoms. The molecule has 2 aromatic rings. The first-order chi connectivity index (χ1) is 11.7. The molecule has 7 nitrogen and oxygen atoms in total. The highest BCUT2D eigenvalue weighted by Gasteiger charge is 2.18. The SMILES string of the molecule is Cc1ccc(S(=O)(=O)Nc2ccc(F)cc2)cc1C(=O)NCC(N)=O. The number of nitrogens with two attached hydrogens (primary N) is 1. The Morgan fingerprint density at radius 1 is 1.12 bits per heavy atom. The van der Waals surface area contributed by atoms with Crippen LogP contribution in [0.1, 0.15) is 15.9 Å². The number of anilines is 1. The Labute approximate surface area is 144 Å². The summed E-state index contributed by atoms with van der Waals surface area (Å²) in [5, 5.41) is 2.30. The van der Waals surface area contributed by atoms with Crippen molar-refractivity contribution in [1.29, 1.82) is 0 Å². The van der Waals surface area contributed by atoms with Crippen molar-refractivity contribution in [2.45, 2.75) is 11.8 Å². The average Bonchev–Trinajstić information content (AvgIpc) is 2.54. The summed E-state index contributed by atoms with van der Waals surface area (Å²) < 4.78 is 40.1. The molecule has 25 heavy (non-hydrogen) atoms. The summed E-state index contributed by atoms with van der Waals surface area (Å²) in [7, 11) is -3.97. The Kier molecular flexibility index (Phi) is 5.38. The fraction of sp³-hybridized carbons (Fsp3) is 0.125. The third-order valence-electron chi connectivity index (χ3n) is 3.28. The maximum atomic E-state index is 12.9. The van der Waals surface area contributed by atoms with Gasteiger partial charge in [0.25, 0.3) is 15.9 Å². The number of benzene rings is 2. The molecule has 0 fully saturated rings. The van der Waals surface area contributed by atoms with Gasteiger partial charge in [0.05, 0.1) is 11.4 Å². The van der Waals surface area contributed by atoms with Crippen LogP contribution in [0.5, 0.6) is 0 Å². The molecule has 0 radical (unpaired) electrons. The fourth-order valence-corrected chi connectivity index (χ4v) is 3.09. The maximum Gasteiger partial charge on any atom is 0.261 e. The van der Waals surface area contributed by atoms with Crippen LogP contribution in [-0.2, 0) is 14.8 Å². The van der Waals surface area contributed by atoms with Gasteiger partial charge in [-0.2, -0.15) is 0 Å². The van der Waals surface area contributed by atoms with E-state index in [1.165, 1.54) is 30.3 Å². The van der Waals surface area contributed by atoms with Crippen LogP contribution in [0.2, 0.25) is 0 Å². The van der Waals surface area contributed by atoms with E-state index < -0.39 is 27.7 Å². The van der Waals surface area contributed by atoms with Gasteiger partial charge in [0.1, 0.15) is 5.82 Å². The quantitative estimate of drug-likeness (QED) is 0.711. The number of hydrogen-bond acceptors (Lipinski definition) is 4. The lowest BCUT2D eigenvalue weighted by Crippen LogP contribution is -2.33. The Morgan fingerprint density at radius 2 is 1.76 bits per heavy atom. The predicted octanol–water partition coefficient (Wildman–Crippen LogP) is 1.15. The summed E-state index contributed by atoms with van der Waals surface area (Å²) in [6.07, 6.45) is 0. The van der Waals surface area contributed by atoms with Crippen LogP contribution in [0, 0.1) is 12.7 Å². The summed E-state index contributed by atoms with van der Waals surface area (Å²) in [6.45, 7) is 1.27. The average molecular weight is 365 g/mol. The Bertz CT molecular complexity index is 911. The molecule has 0 atom stereocenters. The van der Waals surface area contributed by atoms with Gasteiger partial charge in [-0.1, -0.05) is 6.07 Å². The molecule has 0 saturated heterocycles. The van der Waals surface area contributed by atoms with Gasteiger partial charge in [0.2, 0.25) is 5.91 Å². The van der Waals surface area contributed by atoms with Gasteiger partial charge >= 0.3 is 0 Å². The zero-order valence-electron chi connectivity index (χ0n) is 13.2. The lowest BCUT2D eigenvalue weighted by molar-refractivity contribution is -0.117. The molecule has 2 amide bonds. The standard InChI is InChI=1S/C16H16FN3O4S/c1-10-2-7-13(8-14(10)16(22)19-9-15(18)21)25(23,24)20-12-5-3-11(17)4-6-12/h2-8,20H,9H2,1H3,(H2,18,21)(H,19,22). The van der Waals surface area contributed by atoms with E-state index in [1.807, 2.05) is 0 Å². The summed E-state index contributed by atoms with van der Waals surface area (Å²) >= 11 is 0. The Balaban J connectivity index is 2.29. The second-order valence-electron chi connectivity index (χ2n) is 5.24. The number of nitrogens with one attached hydrogen (secondary N) is 2. The molecular weight excluding hydrogens is 349 g/mol. The number of primary amides is 1. The minimum absolute atomic E-state index is 0.100. The van der Waals surface area contributed by atoms with Crippen molar-refractivity contribution in [1.82, 2.24) is 5.32 Å². The molecule has 132 valence electrons. The van der Waals surface area contributed by atoms with Gasteiger partial charge in [-0.3, -0.25) is 14.3 Å². The Morgan fingerprint density at radius 3 is 2.36 bits per heavy atom. The van der Waals surface area contributed by atoms with Crippen molar-refractivity contribution >= 4 is 27.5 Å². The maximum absolute atomic E-state index is 12.9. The molecule has 0 bridgehead atoms. The van der Waals surface area contributed by atoms with Crippen molar-refractivity contribution in [2.24, 2.45) is 5.73 Å². The van der Waals surface area contributed by atoms with E-state index in [9.17, 15) is 22.4 Å². The first-order valence-electron chi connectivity index (χ1n) is 7.14. The second kappa shape index (κ2) is 7.31. The molecule has 0 heterocycles. The molecule has 0 saturated carbocycles. The molecule has 4 N–H and O–H groups in total. The fourth-order valence-electron chi connectivity index (χ4n) is 2.01. The van der Waals surface area contributed by atoms with Crippen LogP contribution >= 0.6 is 0 Å². The van der Waals surface area contributed by atoms with E-state index in [0.29, 0.717) is 5.56 Å². The van der Waals surface area contributed by atoms with Crippen molar-refractivity contribution in [2.75, 3.05) is 11.3 Å². The van der Waals surface area contributed by atoms with Crippen LogP contribution in [0.15, 0.2) is 47.4 Å². The third-order valence-corrected chi connectivity index (χ3v) is 4.66. The van der Waals surface area contributed by atoms with E-state index in [1.54, 1.807) is 6.92 Å². The van der Waals surface area contributed by atoms with Crippen LogP contribution in [-0.4, -0.2) is 26.8 Å². The van der Waals surface area contributed by atoms with Crippen LogP contribution in [0.25, 0.3) is 0 Å². The lowest BCUT2D eigenvalue weighted by Gasteiger charge is -2.11. The second-order valence-corrected chi connectivity index (χ2v) is 6.92. The van der Waals surface area contributed by atoms with Crippen LogP contribution < -0.4 is 15.8 Å². The summed E-state index contributed by atoms with van der Waals surface area (Å²) in [5.41, 5.74) is 5.78. The predicted molar refractivity (Wildman–Crippen MR) is 89.9 cm³/mol. The van der Waals surface area contributed by atoms with E-state index in [4.69, 9.17) is 5.73 Å². The van der Waals surface area contributed by atoms with Crippen LogP contribution in [0.4, 0.5) is 10.1 Å². The van der Waals surface area contributed by atoms with Crippen molar-refractivity contribution in [3.05, 3.63) is 59.4 Å². The van der Waals surface area contributed by atoms with Gasteiger partial charge in [-0.05, 0) is 48.9 Å². The topological polar surface area (TPSA) is 118 Å². The minimum atomic E-state index is -3.97. The lowest BCUT2D eigenvalue weighted by atomic mass is 10.1. The largest absolute Gasteiger partial charge is 0.368 e. The number of hydrogen-bond donors (Lipinski definition) is 3. The van der Waals surface area contributed by atoms with Gasteiger partial charge in [-0.25, -0.2) is 12.8 Å². The number of sulfonamides is 1. The number of rotatable bonds is 6. The van der Waals surface area contributed by atoms with Gasteiger partial charge in [0, 0.05) is 11.3 Å². The third kappa shape index (κ3) is 4.77. The first-order valence-corrected chi connectivity index (χ1v) is 8.63. The highest BCUT2D eigenvalue weighted by atomic mass is 32.2. The Hall–Kier alpha value is -2.94. The van der Waals surface area contributed by atoms with Crippen LogP contribution in [0.3, 0.4) is 0 Å². The van der Waals surface area contributed by atoms with Gasteiger partial charge < -0.3 is 11.1 Å². The normalized spacial score (nSPS) is 11.0. The van der Waals surface area contributed by atoms with E-state index >= 15 is 0 Å². The monoisotopic (exact) mass is 365 g/mol. The number of amides is 2. The van der Waals surface area contributed by atoms with E-state index in [0.717, 1.165) is 12.1 Å². The molecule has 9 heteroatoms. The molecule has 0 aliphatic rings. The summed E-state index contributed by atoms with van der Waals surface area (Å²) in [5.74, 6) is -1.82. The zero-order chi connectivity index (χ0) is 18.6. The molecule has 2 rings (SSSR count). The van der Waals surface area contributed by atoms with Crippen molar-refractivity contribution < 1.29 is 22.4 Å². The molecule has 0 aliphatic carbocycles. The smallest absolute Gasteiger partial charge is 0.261 e. The zero-order valence-corrected chi connectivity index (χ0v) is 14.1. The van der Waals surface area contributed by atoms with Crippen molar-refractivity contribution in [3.8, 4) is 0 Å². The summed E-state index contributed by atoms with van der Waals surface area (Å²) in [6, 6.07) is 8.80. The number of carbonyl (C=O) groups is 2. The minimum Gasteiger partial charge on any atom is -0.368 e. The van der Waals surface area contributed by atoms with E-state index in [-0.39, 0.29) is 22.7 Å². The highest BCUT2D eigenvalue weighted by molar-refractivity contribution is 7.92. The summed E-state index contributed by atoms with van der Waals surface area (Å²) in [4.78, 5) is 22.7. The van der Waals surface area contributed by atoms with Gasteiger partial charge in [0.15, 0.2) is 0 Å². The molecule has 0 aliphatic heterocycles. The molecule has 0 unspecified atom stereocenters. The molecular formula is C16H16FN3O4S.